The molecule has 0 aliphatic heterocycles. The van der Waals surface area contributed by atoms with E-state index in [2.05, 4.69) is 0 Å². The monoisotopic (exact) mass is 584 g/mol. The van der Waals surface area contributed by atoms with Gasteiger partial charge in [-0.05, 0) is 61.3 Å². The first kappa shape index (κ1) is 31.0. The molecule has 2 aromatic carbocycles. The second kappa shape index (κ2) is 9.51. The lowest BCUT2D eigenvalue weighted by atomic mass is 10.1. The summed E-state index contributed by atoms with van der Waals surface area (Å²) in [6, 6.07) is 0.159. The molecule has 1 nitrogen and oxygen atoms in total. The van der Waals surface area contributed by atoms with E-state index in [1.54, 1.807) is 0 Å². The number of benzene rings is 2. The van der Waals surface area contributed by atoms with Gasteiger partial charge in [-0.25, -0.2) is 0 Å². The van der Waals surface area contributed by atoms with E-state index in [4.69, 9.17) is 0 Å². The molecule has 1 atom stereocenters. The molecule has 0 radical (unpaired) electrons. The van der Waals surface area contributed by atoms with Gasteiger partial charge >= 0.3 is 30.9 Å². The Hall–Kier alpha value is -2.22. The molecule has 0 heterocycles. The van der Waals surface area contributed by atoms with Crippen LogP contribution in [0, 0.1) is 6.92 Å². The van der Waals surface area contributed by atoms with Gasteiger partial charge in [-0.3, -0.25) is 0 Å². The van der Waals surface area contributed by atoms with Gasteiger partial charge in [-0.1, -0.05) is 6.07 Å². The molecule has 17 heteroatoms. The molecule has 208 valence electrons. The third-order valence-corrected chi connectivity index (χ3v) is 7.45. The Morgan fingerprint density at radius 1 is 0.541 bits per heavy atom. The lowest BCUT2D eigenvalue weighted by Gasteiger charge is -2.36. The Balaban J connectivity index is 2.98. The standard InChI is InChI=1S/C20H12F15OP/c1-9-2-10(16(21,22)23)5-13(3-9)37(8-15(36,19(30,31)32)20(33,34)35)14-6-11(17(24,25)26)4-12(7-14)18(27,28)29/h2-7,36H,8H2,1H3. The van der Waals surface area contributed by atoms with Crippen molar-refractivity contribution in [3.8, 4) is 0 Å². The maximum Gasteiger partial charge on any atom is 0.426 e. The van der Waals surface area contributed by atoms with Crippen LogP contribution in [-0.2, 0) is 18.5 Å². The van der Waals surface area contributed by atoms with Crippen LogP contribution in [0.3, 0.4) is 0 Å². The number of rotatable bonds is 4. The van der Waals surface area contributed by atoms with Gasteiger partial charge in [-0.15, -0.1) is 0 Å². The number of halogens is 15. The van der Waals surface area contributed by atoms with Crippen LogP contribution in [0.15, 0.2) is 36.4 Å². The van der Waals surface area contributed by atoms with E-state index in [-0.39, 0.29) is 18.2 Å². The zero-order chi connectivity index (χ0) is 29.0. The largest absolute Gasteiger partial charge is 0.426 e. The molecule has 0 aliphatic carbocycles. The average molecular weight is 584 g/mol. The predicted octanol–water partition coefficient (Wildman–Crippen LogP) is 7.34. The van der Waals surface area contributed by atoms with Crippen LogP contribution in [0.2, 0.25) is 0 Å². The van der Waals surface area contributed by atoms with Crippen molar-refractivity contribution in [2.45, 2.75) is 43.4 Å². The first-order valence-corrected chi connectivity index (χ1v) is 10.9. The van der Waals surface area contributed by atoms with Crippen molar-refractivity contribution < 1.29 is 71.0 Å². The van der Waals surface area contributed by atoms with Gasteiger partial charge in [0, 0.05) is 6.16 Å². The van der Waals surface area contributed by atoms with E-state index in [0.717, 1.165) is 6.92 Å². The van der Waals surface area contributed by atoms with Crippen LogP contribution in [0.25, 0.3) is 0 Å². The molecule has 0 aliphatic rings. The van der Waals surface area contributed by atoms with E-state index in [9.17, 15) is 71.0 Å². The number of aliphatic hydroxyl groups is 1. The quantitative estimate of drug-likeness (QED) is 0.295. The van der Waals surface area contributed by atoms with E-state index >= 15 is 0 Å². The maximum absolute atomic E-state index is 13.4. The fourth-order valence-electron chi connectivity index (χ4n) is 3.08. The maximum atomic E-state index is 13.4. The highest BCUT2D eigenvalue weighted by Crippen LogP contribution is 2.51. The van der Waals surface area contributed by atoms with Crippen LogP contribution in [-0.4, -0.2) is 29.2 Å². The minimum Gasteiger partial charge on any atom is -0.373 e. The summed E-state index contributed by atoms with van der Waals surface area (Å²) in [4.78, 5) is 0. The van der Waals surface area contributed by atoms with E-state index in [1.165, 1.54) is 0 Å². The van der Waals surface area contributed by atoms with Crippen LogP contribution in [0.4, 0.5) is 65.9 Å². The van der Waals surface area contributed by atoms with E-state index < -0.39 is 89.5 Å². The summed E-state index contributed by atoms with van der Waals surface area (Å²) < 4.78 is 200. The molecule has 0 aromatic heterocycles. The van der Waals surface area contributed by atoms with E-state index in [0.29, 0.717) is 12.1 Å². The second-order valence-corrected chi connectivity index (χ2v) is 9.97. The van der Waals surface area contributed by atoms with Gasteiger partial charge in [0.1, 0.15) is 0 Å². The zero-order valence-corrected chi connectivity index (χ0v) is 18.6. The van der Waals surface area contributed by atoms with Crippen LogP contribution in [0.5, 0.6) is 0 Å². The molecule has 0 bridgehead atoms. The van der Waals surface area contributed by atoms with Crippen molar-refractivity contribution in [1.29, 1.82) is 0 Å². The smallest absolute Gasteiger partial charge is 0.373 e. The van der Waals surface area contributed by atoms with Gasteiger partial charge < -0.3 is 5.11 Å². The molecule has 1 N–H and O–H groups in total. The highest BCUT2D eigenvalue weighted by Gasteiger charge is 2.70. The normalized spacial score (nSPS) is 15.2. The minimum absolute atomic E-state index is 0.0133. The summed E-state index contributed by atoms with van der Waals surface area (Å²) in [5.41, 5.74) is -12.0. The molecule has 0 saturated carbocycles. The molecular weight excluding hydrogens is 572 g/mol. The average Bonchev–Trinajstić information content (AvgIpc) is 2.67. The highest BCUT2D eigenvalue weighted by molar-refractivity contribution is 7.73. The predicted molar refractivity (Wildman–Crippen MR) is 101 cm³/mol. The molecule has 2 rings (SSSR count). The molecule has 1 unspecified atom stereocenters. The van der Waals surface area contributed by atoms with Gasteiger partial charge in [0.2, 0.25) is 0 Å². The number of hydrogen-bond acceptors (Lipinski definition) is 1. The molecule has 0 spiro atoms. The summed E-state index contributed by atoms with van der Waals surface area (Å²) in [6.45, 7) is 0.916. The lowest BCUT2D eigenvalue weighted by molar-refractivity contribution is -0.358. The van der Waals surface area contributed by atoms with Gasteiger partial charge in [-0.2, -0.15) is 65.9 Å². The summed E-state index contributed by atoms with van der Waals surface area (Å²) in [7, 11) is -3.76. The first-order valence-electron chi connectivity index (χ1n) is 9.39. The fraction of sp³-hybridized carbons (Fsp3) is 0.400. The summed E-state index contributed by atoms with van der Waals surface area (Å²) in [5.74, 6) is 0. The van der Waals surface area contributed by atoms with Gasteiger partial charge in [0.05, 0.1) is 16.7 Å². The Morgan fingerprint density at radius 3 is 1.19 bits per heavy atom. The van der Waals surface area contributed by atoms with Crippen molar-refractivity contribution in [1.82, 2.24) is 0 Å². The van der Waals surface area contributed by atoms with Crippen molar-refractivity contribution in [3.05, 3.63) is 58.7 Å². The molecule has 0 amide bonds. The summed E-state index contributed by atoms with van der Waals surface area (Å²) >= 11 is 0. The Bertz CT molecular complexity index is 1080. The SMILES string of the molecule is Cc1cc(P(CC(O)(C(F)(F)F)C(F)(F)F)c2cc(C(F)(F)F)cc(C(F)(F)F)c2)cc(C(F)(F)F)c1. The van der Waals surface area contributed by atoms with Gasteiger partial charge in [0.25, 0.3) is 5.60 Å². The van der Waals surface area contributed by atoms with E-state index in [1.807, 2.05) is 0 Å². The molecule has 0 saturated heterocycles. The van der Waals surface area contributed by atoms with Crippen molar-refractivity contribution >= 4 is 18.5 Å². The lowest BCUT2D eigenvalue weighted by Crippen LogP contribution is -2.59. The van der Waals surface area contributed by atoms with Crippen LogP contribution >= 0.6 is 7.92 Å². The van der Waals surface area contributed by atoms with Crippen LogP contribution < -0.4 is 10.6 Å². The number of hydrogen-bond donors (Lipinski definition) is 1. The summed E-state index contributed by atoms with van der Waals surface area (Å²) in [5, 5.41) is 7.12. The van der Waals surface area contributed by atoms with Crippen molar-refractivity contribution in [2.24, 2.45) is 0 Å². The minimum atomic E-state index is -6.56. The summed E-state index contributed by atoms with van der Waals surface area (Å²) in [6.07, 6.45) is -32.1. The first-order chi connectivity index (χ1) is 16.3. The third-order valence-electron chi connectivity index (χ3n) is 4.91. The Labute approximate surface area is 198 Å². The fourth-order valence-corrected chi connectivity index (χ4v) is 5.80. The topological polar surface area (TPSA) is 20.2 Å². The van der Waals surface area contributed by atoms with Crippen LogP contribution in [0.1, 0.15) is 22.3 Å². The number of aryl methyl sites for hydroxylation is 1. The second-order valence-electron chi connectivity index (χ2n) is 7.76. The highest BCUT2D eigenvalue weighted by atomic mass is 31.1. The third kappa shape index (κ3) is 6.81. The van der Waals surface area contributed by atoms with Crippen molar-refractivity contribution in [2.75, 3.05) is 6.16 Å². The molecule has 37 heavy (non-hydrogen) atoms. The van der Waals surface area contributed by atoms with Gasteiger partial charge in [0.15, 0.2) is 0 Å². The zero-order valence-electron chi connectivity index (χ0n) is 17.7. The Kier molecular flexibility index (Phi) is 7.97. The molecule has 0 fully saturated rings. The number of alkyl halides is 15. The molecular formula is C20H12F15OP. The Morgan fingerprint density at radius 2 is 0.865 bits per heavy atom. The van der Waals surface area contributed by atoms with Crippen molar-refractivity contribution in [3.63, 3.8) is 0 Å². The molecule has 2 aromatic rings.